The first-order chi connectivity index (χ1) is 9.02. The Morgan fingerprint density at radius 1 is 1.37 bits per heavy atom. The molecule has 2 amide bonds. The van der Waals surface area contributed by atoms with E-state index >= 15 is 0 Å². The minimum atomic E-state index is -0.558. The van der Waals surface area contributed by atoms with E-state index in [4.69, 9.17) is 11.6 Å². The van der Waals surface area contributed by atoms with Crippen LogP contribution in [0.5, 0.6) is 0 Å². The molecule has 0 aliphatic carbocycles. The van der Waals surface area contributed by atoms with E-state index in [1.54, 1.807) is 0 Å². The molecule has 0 bridgehead atoms. The van der Waals surface area contributed by atoms with Crippen LogP contribution in [0.15, 0.2) is 18.2 Å². The first-order valence-corrected chi connectivity index (χ1v) is 7.36. The summed E-state index contributed by atoms with van der Waals surface area (Å²) in [5.74, 6) is 0.0320. The molecule has 19 heavy (non-hydrogen) atoms. The molecule has 0 aromatic heterocycles. The summed E-state index contributed by atoms with van der Waals surface area (Å²) in [4.78, 5) is 24.9. The number of amides is 2. The highest BCUT2D eigenvalue weighted by atomic mass is 35.5. The summed E-state index contributed by atoms with van der Waals surface area (Å²) in [7, 11) is 0. The van der Waals surface area contributed by atoms with Gasteiger partial charge in [0.2, 0.25) is 0 Å². The van der Waals surface area contributed by atoms with Crippen LogP contribution in [-0.4, -0.2) is 33.8 Å². The van der Waals surface area contributed by atoms with Crippen LogP contribution in [0.4, 0.5) is 10.5 Å². The second-order valence-corrected chi connectivity index (χ2v) is 5.84. The largest absolute Gasteiger partial charge is 0.365 e. The Balaban J connectivity index is 2.12. The van der Waals surface area contributed by atoms with Crippen molar-refractivity contribution in [2.24, 2.45) is 0 Å². The van der Waals surface area contributed by atoms with Crippen molar-refractivity contribution in [2.45, 2.75) is 19.2 Å². The lowest BCUT2D eigenvalue weighted by Crippen LogP contribution is -2.35. The quantitative estimate of drug-likeness (QED) is 0.868. The normalized spacial score (nSPS) is 19.1. The number of anilines is 1. The Kier molecular flexibility index (Phi) is 4.37. The summed E-state index contributed by atoms with van der Waals surface area (Å²) in [5.41, 5.74) is 3.09. The van der Waals surface area contributed by atoms with Gasteiger partial charge < -0.3 is 5.32 Å². The number of benzene rings is 1. The Hall–Kier alpha value is -1.20. The van der Waals surface area contributed by atoms with Gasteiger partial charge in [0.1, 0.15) is 0 Å². The van der Waals surface area contributed by atoms with E-state index in [-0.39, 0.29) is 23.6 Å². The topological polar surface area (TPSA) is 49.4 Å². The standard InChI is InChI=1S/C13H15ClN2O2S/c1-8-3-4-10(9(2)7-8)15-11-12(17)16(6-5-14)13(18)19-11/h3-4,7,11,15H,5-6H2,1-2H3. The first-order valence-electron chi connectivity index (χ1n) is 5.94. The second kappa shape index (κ2) is 5.84. The highest BCUT2D eigenvalue weighted by molar-refractivity contribution is 8.15. The van der Waals surface area contributed by atoms with Gasteiger partial charge in [0, 0.05) is 18.1 Å². The van der Waals surface area contributed by atoms with Gasteiger partial charge in [-0.05, 0) is 37.2 Å². The minimum absolute atomic E-state index is 0.226. The summed E-state index contributed by atoms with van der Waals surface area (Å²) in [6.07, 6.45) is 0. The van der Waals surface area contributed by atoms with Crippen LogP contribution in [0.2, 0.25) is 0 Å². The van der Waals surface area contributed by atoms with Crippen molar-refractivity contribution in [3.63, 3.8) is 0 Å². The number of thioether (sulfide) groups is 1. The molecule has 4 nitrogen and oxygen atoms in total. The molecular formula is C13H15ClN2O2S. The molecule has 1 aromatic rings. The molecule has 1 unspecified atom stereocenters. The molecular weight excluding hydrogens is 284 g/mol. The second-order valence-electron chi connectivity index (χ2n) is 4.41. The molecule has 1 heterocycles. The van der Waals surface area contributed by atoms with Gasteiger partial charge >= 0.3 is 0 Å². The third-order valence-electron chi connectivity index (χ3n) is 2.91. The molecule has 102 valence electrons. The predicted molar refractivity (Wildman–Crippen MR) is 78.7 cm³/mol. The molecule has 0 spiro atoms. The van der Waals surface area contributed by atoms with Crippen molar-refractivity contribution >= 4 is 40.2 Å². The van der Waals surface area contributed by atoms with Crippen LogP contribution in [0, 0.1) is 13.8 Å². The summed E-state index contributed by atoms with van der Waals surface area (Å²) in [5, 5.41) is 2.31. The molecule has 1 saturated heterocycles. The number of imide groups is 1. The zero-order valence-corrected chi connectivity index (χ0v) is 12.3. The molecule has 1 aliphatic rings. The van der Waals surface area contributed by atoms with E-state index in [1.165, 1.54) is 4.90 Å². The van der Waals surface area contributed by atoms with Gasteiger partial charge in [-0.25, -0.2) is 0 Å². The van der Waals surface area contributed by atoms with Crippen molar-refractivity contribution in [1.29, 1.82) is 0 Å². The Morgan fingerprint density at radius 2 is 2.11 bits per heavy atom. The Morgan fingerprint density at radius 3 is 2.74 bits per heavy atom. The lowest BCUT2D eigenvalue weighted by atomic mass is 10.1. The van der Waals surface area contributed by atoms with Crippen molar-refractivity contribution in [1.82, 2.24) is 4.90 Å². The lowest BCUT2D eigenvalue weighted by molar-refractivity contribution is -0.126. The van der Waals surface area contributed by atoms with Gasteiger partial charge in [-0.15, -0.1) is 11.6 Å². The Bertz CT molecular complexity index is 521. The molecule has 2 rings (SSSR count). The van der Waals surface area contributed by atoms with Gasteiger partial charge in [0.15, 0.2) is 5.37 Å². The van der Waals surface area contributed by atoms with Gasteiger partial charge in [-0.3, -0.25) is 14.5 Å². The van der Waals surface area contributed by atoms with Crippen LogP contribution in [0.3, 0.4) is 0 Å². The fourth-order valence-electron chi connectivity index (χ4n) is 1.94. The smallest absolute Gasteiger partial charge is 0.290 e. The van der Waals surface area contributed by atoms with E-state index in [0.29, 0.717) is 0 Å². The number of carbonyl (C=O) groups is 2. The molecule has 0 saturated carbocycles. The van der Waals surface area contributed by atoms with Crippen molar-refractivity contribution in [3.05, 3.63) is 29.3 Å². The molecule has 1 aromatic carbocycles. The highest BCUT2D eigenvalue weighted by Gasteiger charge is 2.39. The maximum Gasteiger partial charge on any atom is 0.290 e. The van der Waals surface area contributed by atoms with Crippen LogP contribution in [0.25, 0.3) is 0 Å². The summed E-state index contributed by atoms with van der Waals surface area (Å²) >= 11 is 6.58. The van der Waals surface area contributed by atoms with E-state index in [0.717, 1.165) is 28.6 Å². The third-order valence-corrected chi connectivity index (χ3v) is 4.05. The number of hydrogen-bond acceptors (Lipinski definition) is 4. The molecule has 1 aliphatic heterocycles. The van der Waals surface area contributed by atoms with Crippen molar-refractivity contribution in [3.8, 4) is 0 Å². The molecule has 6 heteroatoms. The van der Waals surface area contributed by atoms with Crippen molar-refractivity contribution < 1.29 is 9.59 Å². The van der Waals surface area contributed by atoms with Crippen LogP contribution >= 0.6 is 23.4 Å². The van der Waals surface area contributed by atoms with Gasteiger partial charge in [-0.2, -0.15) is 0 Å². The zero-order valence-electron chi connectivity index (χ0n) is 10.8. The maximum absolute atomic E-state index is 12.1. The number of alkyl halides is 1. The van der Waals surface area contributed by atoms with E-state index in [1.807, 2.05) is 32.0 Å². The van der Waals surface area contributed by atoms with Crippen LogP contribution < -0.4 is 5.32 Å². The summed E-state index contributed by atoms with van der Waals surface area (Å²) in [6.45, 7) is 4.24. The fraction of sp³-hybridized carbons (Fsp3) is 0.385. The van der Waals surface area contributed by atoms with Gasteiger partial charge in [0.05, 0.1) is 0 Å². The van der Waals surface area contributed by atoms with Gasteiger partial charge in [0.25, 0.3) is 11.1 Å². The fourth-order valence-corrected chi connectivity index (χ4v) is 3.03. The van der Waals surface area contributed by atoms with E-state index in [2.05, 4.69) is 5.32 Å². The predicted octanol–water partition coefficient (Wildman–Crippen LogP) is 2.98. The lowest BCUT2D eigenvalue weighted by Gasteiger charge is -2.15. The molecule has 1 atom stereocenters. The SMILES string of the molecule is Cc1ccc(NC2SC(=O)N(CCCl)C2=O)c(C)c1. The molecule has 1 fully saturated rings. The number of nitrogens with zero attached hydrogens (tertiary/aromatic N) is 1. The zero-order chi connectivity index (χ0) is 14.0. The minimum Gasteiger partial charge on any atom is -0.365 e. The Labute approximate surface area is 121 Å². The maximum atomic E-state index is 12.1. The van der Waals surface area contributed by atoms with E-state index in [9.17, 15) is 9.59 Å². The average molecular weight is 299 g/mol. The molecule has 0 radical (unpaired) electrons. The number of halogens is 1. The number of nitrogens with one attached hydrogen (secondary N) is 1. The molecule has 1 N–H and O–H groups in total. The number of carbonyl (C=O) groups excluding carboxylic acids is 2. The number of hydrogen-bond donors (Lipinski definition) is 1. The summed E-state index contributed by atoms with van der Waals surface area (Å²) < 4.78 is 0. The third kappa shape index (κ3) is 3.04. The first kappa shape index (κ1) is 14.2. The van der Waals surface area contributed by atoms with E-state index < -0.39 is 5.37 Å². The summed E-state index contributed by atoms with van der Waals surface area (Å²) in [6, 6.07) is 5.93. The average Bonchev–Trinajstić information content (AvgIpc) is 2.61. The van der Waals surface area contributed by atoms with Gasteiger partial charge in [-0.1, -0.05) is 17.7 Å². The van der Waals surface area contributed by atoms with Crippen LogP contribution in [0.1, 0.15) is 11.1 Å². The number of rotatable bonds is 4. The monoisotopic (exact) mass is 298 g/mol. The highest BCUT2D eigenvalue weighted by Crippen LogP contribution is 2.29. The number of aryl methyl sites for hydroxylation is 2. The van der Waals surface area contributed by atoms with Crippen molar-refractivity contribution in [2.75, 3.05) is 17.7 Å². The van der Waals surface area contributed by atoms with Crippen LogP contribution in [-0.2, 0) is 4.79 Å².